The first-order valence-corrected chi connectivity index (χ1v) is 6.52. The van der Waals surface area contributed by atoms with E-state index in [0.29, 0.717) is 6.61 Å². The summed E-state index contributed by atoms with van der Waals surface area (Å²) in [5, 5.41) is 5.27. The van der Waals surface area contributed by atoms with Crippen molar-refractivity contribution in [2.24, 2.45) is 0 Å². The highest BCUT2D eigenvalue weighted by atomic mass is 32.1. The average molecular weight is 241 g/mol. The Balaban J connectivity index is 2.42. The second kappa shape index (κ2) is 6.66. The van der Waals surface area contributed by atoms with Gasteiger partial charge in [0, 0.05) is 11.4 Å². The standard InChI is InChI=1S/C12H19NO2S/c1-4-10-6-7-16-11(10)8-13-9(3)12(14)15-5-2/h6-7,9,13H,4-5,8H2,1-3H3. The third-order valence-corrected chi connectivity index (χ3v) is 3.39. The maximum absolute atomic E-state index is 11.4. The zero-order chi connectivity index (χ0) is 12.0. The summed E-state index contributed by atoms with van der Waals surface area (Å²) in [6.45, 7) is 6.96. The lowest BCUT2D eigenvalue weighted by Gasteiger charge is -2.12. The summed E-state index contributed by atoms with van der Waals surface area (Å²) >= 11 is 1.73. The Hall–Kier alpha value is -0.870. The SMILES string of the molecule is CCOC(=O)C(C)NCc1sccc1CC. The molecule has 0 spiro atoms. The van der Waals surface area contributed by atoms with Gasteiger partial charge in [0.2, 0.25) is 0 Å². The molecule has 0 aliphatic carbocycles. The molecule has 1 atom stereocenters. The molecule has 1 unspecified atom stereocenters. The molecule has 0 amide bonds. The van der Waals surface area contributed by atoms with Crippen LogP contribution < -0.4 is 5.32 Å². The molecule has 0 saturated heterocycles. The van der Waals surface area contributed by atoms with Crippen molar-refractivity contribution in [3.8, 4) is 0 Å². The van der Waals surface area contributed by atoms with Gasteiger partial charge in [-0.3, -0.25) is 10.1 Å². The fourth-order valence-corrected chi connectivity index (χ4v) is 2.36. The second-order valence-corrected chi connectivity index (χ2v) is 4.58. The van der Waals surface area contributed by atoms with E-state index in [1.807, 2.05) is 13.8 Å². The van der Waals surface area contributed by atoms with Gasteiger partial charge in [-0.2, -0.15) is 0 Å². The highest BCUT2D eigenvalue weighted by Gasteiger charge is 2.13. The molecule has 4 heteroatoms. The number of aryl methyl sites for hydroxylation is 1. The van der Waals surface area contributed by atoms with Gasteiger partial charge in [0.25, 0.3) is 0 Å². The summed E-state index contributed by atoms with van der Waals surface area (Å²) in [6, 6.07) is 1.89. The van der Waals surface area contributed by atoms with Crippen molar-refractivity contribution in [3.05, 3.63) is 21.9 Å². The summed E-state index contributed by atoms with van der Waals surface area (Å²) in [5.41, 5.74) is 1.36. The van der Waals surface area contributed by atoms with Crippen LogP contribution in [0.15, 0.2) is 11.4 Å². The van der Waals surface area contributed by atoms with Crippen molar-refractivity contribution >= 4 is 17.3 Å². The molecule has 1 N–H and O–H groups in total. The predicted molar refractivity (Wildman–Crippen MR) is 66.6 cm³/mol. The molecule has 1 aromatic rings. The van der Waals surface area contributed by atoms with Crippen LogP contribution in [0.25, 0.3) is 0 Å². The van der Waals surface area contributed by atoms with E-state index in [2.05, 4.69) is 23.7 Å². The topological polar surface area (TPSA) is 38.3 Å². The van der Waals surface area contributed by atoms with E-state index < -0.39 is 0 Å². The fourth-order valence-electron chi connectivity index (χ4n) is 1.43. The Morgan fingerprint density at radius 2 is 2.31 bits per heavy atom. The smallest absolute Gasteiger partial charge is 0.322 e. The van der Waals surface area contributed by atoms with Crippen LogP contribution in [0.5, 0.6) is 0 Å². The number of nitrogens with one attached hydrogen (secondary N) is 1. The minimum atomic E-state index is -0.244. The molecule has 0 saturated carbocycles. The van der Waals surface area contributed by atoms with Crippen molar-refractivity contribution < 1.29 is 9.53 Å². The predicted octanol–water partition coefficient (Wildman–Crippen LogP) is 2.35. The minimum absolute atomic E-state index is 0.183. The monoisotopic (exact) mass is 241 g/mol. The van der Waals surface area contributed by atoms with Crippen molar-refractivity contribution in [1.29, 1.82) is 0 Å². The summed E-state index contributed by atoms with van der Waals surface area (Å²) in [7, 11) is 0. The van der Waals surface area contributed by atoms with Gasteiger partial charge in [-0.05, 0) is 37.3 Å². The third-order valence-electron chi connectivity index (χ3n) is 2.43. The molecule has 1 aromatic heterocycles. The van der Waals surface area contributed by atoms with Crippen LogP contribution in [-0.2, 0) is 22.5 Å². The lowest BCUT2D eigenvalue weighted by Crippen LogP contribution is -2.34. The van der Waals surface area contributed by atoms with Gasteiger partial charge in [0.05, 0.1) is 6.61 Å². The van der Waals surface area contributed by atoms with Gasteiger partial charge in [0.1, 0.15) is 6.04 Å². The van der Waals surface area contributed by atoms with E-state index in [4.69, 9.17) is 4.74 Å². The van der Waals surface area contributed by atoms with Crippen molar-refractivity contribution in [2.45, 2.75) is 39.8 Å². The Morgan fingerprint density at radius 1 is 1.56 bits per heavy atom. The molecule has 1 heterocycles. The maximum atomic E-state index is 11.4. The van der Waals surface area contributed by atoms with E-state index in [0.717, 1.165) is 13.0 Å². The zero-order valence-corrected chi connectivity index (χ0v) is 10.9. The largest absolute Gasteiger partial charge is 0.465 e. The van der Waals surface area contributed by atoms with E-state index in [1.165, 1.54) is 10.4 Å². The van der Waals surface area contributed by atoms with Crippen LogP contribution in [0, 0.1) is 0 Å². The molecular formula is C12H19NO2S. The number of carbonyl (C=O) groups is 1. The molecule has 0 aliphatic rings. The van der Waals surface area contributed by atoms with E-state index in [9.17, 15) is 4.79 Å². The van der Waals surface area contributed by atoms with Crippen LogP contribution in [0.2, 0.25) is 0 Å². The second-order valence-electron chi connectivity index (χ2n) is 3.58. The third kappa shape index (κ3) is 3.61. The molecule has 90 valence electrons. The molecule has 1 rings (SSSR count). The zero-order valence-electron chi connectivity index (χ0n) is 10.1. The molecule has 0 radical (unpaired) electrons. The highest BCUT2D eigenvalue weighted by Crippen LogP contribution is 2.17. The van der Waals surface area contributed by atoms with Gasteiger partial charge < -0.3 is 4.74 Å². The van der Waals surface area contributed by atoms with Crippen LogP contribution in [-0.4, -0.2) is 18.6 Å². The lowest BCUT2D eigenvalue weighted by atomic mass is 10.2. The van der Waals surface area contributed by atoms with Gasteiger partial charge in [-0.15, -0.1) is 11.3 Å². The Labute approximate surface area is 101 Å². The lowest BCUT2D eigenvalue weighted by molar-refractivity contribution is -0.145. The van der Waals surface area contributed by atoms with E-state index in [1.54, 1.807) is 11.3 Å². The summed E-state index contributed by atoms with van der Waals surface area (Å²) in [6.07, 6.45) is 1.04. The van der Waals surface area contributed by atoms with Gasteiger partial charge in [-0.1, -0.05) is 6.92 Å². The first-order valence-electron chi connectivity index (χ1n) is 5.64. The highest BCUT2D eigenvalue weighted by molar-refractivity contribution is 7.10. The first-order chi connectivity index (χ1) is 7.69. The maximum Gasteiger partial charge on any atom is 0.322 e. The van der Waals surface area contributed by atoms with Crippen molar-refractivity contribution in [2.75, 3.05) is 6.61 Å². The molecule has 16 heavy (non-hydrogen) atoms. The van der Waals surface area contributed by atoms with Crippen LogP contribution >= 0.6 is 11.3 Å². The molecule has 0 aliphatic heterocycles. The molecule has 0 fully saturated rings. The average Bonchev–Trinajstić information content (AvgIpc) is 2.73. The summed E-state index contributed by atoms with van der Waals surface area (Å²) in [4.78, 5) is 12.7. The normalized spacial score (nSPS) is 12.4. The Morgan fingerprint density at radius 3 is 2.94 bits per heavy atom. The van der Waals surface area contributed by atoms with Crippen LogP contribution in [0.3, 0.4) is 0 Å². The Bertz CT molecular complexity index is 336. The van der Waals surface area contributed by atoms with Crippen molar-refractivity contribution in [1.82, 2.24) is 5.32 Å². The van der Waals surface area contributed by atoms with Gasteiger partial charge in [-0.25, -0.2) is 0 Å². The Kier molecular flexibility index (Phi) is 5.49. The number of carbonyl (C=O) groups excluding carboxylic acids is 1. The molecule has 3 nitrogen and oxygen atoms in total. The van der Waals surface area contributed by atoms with E-state index >= 15 is 0 Å². The number of rotatable bonds is 6. The van der Waals surface area contributed by atoms with Crippen LogP contribution in [0.4, 0.5) is 0 Å². The van der Waals surface area contributed by atoms with E-state index in [-0.39, 0.29) is 12.0 Å². The molecule has 0 bridgehead atoms. The molecule has 0 aromatic carbocycles. The quantitative estimate of drug-likeness (QED) is 0.777. The van der Waals surface area contributed by atoms with Crippen LogP contribution in [0.1, 0.15) is 31.2 Å². The minimum Gasteiger partial charge on any atom is -0.465 e. The number of thiophene rings is 1. The van der Waals surface area contributed by atoms with Gasteiger partial charge in [0.15, 0.2) is 0 Å². The molecular weight excluding hydrogens is 222 g/mol. The first kappa shape index (κ1) is 13.2. The van der Waals surface area contributed by atoms with Crippen molar-refractivity contribution in [3.63, 3.8) is 0 Å². The summed E-state index contributed by atoms with van der Waals surface area (Å²) < 4.78 is 4.93. The number of hydrogen-bond donors (Lipinski definition) is 1. The van der Waals surface area contributed by atoms with Gasteiger partial charge >= 0.3 is 5.97 Å². The number of esters is 1. The fraction of sp³-hybridized carbons (Fsp3) is 0.583. The number of hydrogen-bond acceptors (Lipinski definition) is 4. The number of ether oxygens (including phenoxy) is 1. The summed E-state index contributed by atoms with van der Waals surface area (Å²) in [5.74, 6) is -0.183.